The van der Waals surface area contributed by atoms with Crippen molar-refractivity contribution in [3.05, 3.63) is 47.7 Å². The van der Waals surface area contributed by atoms with Crippen LogP contribution >= 0.6 is 0 Å². The van der Waals surface area contributed by atoms with Gasteiger partial charge in [0.15, 0.2) is 0 Å². The molecule has 7 nitrogen and oxygen atoms in total. The number of amides is 3. The smallest absolute Gasteiger partial charge is 0.318 e. The summed E-state index contributed by atoms with van der Waals surface area (Å²) in [4.78, 5) is 26.1. The number of hydrogen-bond acceptors (Lipinski definition) is 3. The second kappa shape index (κ2) is 7.38. The van der Waals surface area contributed by atoms with Crippen molar-refractivity contribution in [1.29, 1.82) is 0 Å². The van der Waals surface area contributed by atoms with Crippen molar-refractivity contribution in [3.8, 4) is 0 Å². The van der Waals surface area contributed by atoms with E-state index >= 15 is 0 Å². The van der Waals surface area contributed by atoms with Crippen molar-refractivity contribution in [2.75, 3.05) is 18.4 Å². The number of aryl methyl sites for hydroxylation is 2. The highest BCUT2D eigenvalue weighted by molar-refractivity contribution is 5.93. The third-order valence-corrected chi connectivity index (χ3v) is 4.37. The van der Waals surface area contributed by atoms with E-state index in [4.69, 9.17) is 0 Å². The molecule has 0 saturated carbocycles. The summed E-state index contributed by atoms with van der Waals surface area (Å²) in [6.45, 7) is 2.58. The largest absolute Gasteiger partial charge is 0.331 e. The summed E-state index contributed by atoms with van der Waals surface area (Å²) in [7, 11) is 1.78. The number of benzene rings is 1. The molecule has 2 heterocycles. The van der Waals surface area contributed by atoms with Crippen LogP contribution in [0, 0.1) is 0 Å². The standard InChI is InChI=1S/C18H23N5O2/c1-3-14-11-16(22(2)21-14)20-17(24)12-23-10-9-15(19-18(23)25)13-7-5-4-6-8-13/h4-8,11,15H,3,9-10,12H2,1-2H3,(H,19,25)(H,20,24). The monoisotopic (exact) mass is 341 g/mol. The van der Waals surface area contributed by atoms with E-state index in [1.54, 1.807) is 11.7 Å². The van der Waals surface area contributed by atoms with E-state index in [2.05, 4.69) is 15.7 Å². The van der Waals surface area contributed by atoms with Crippen LogP contribution in [-0.2, 0) is 18.3 Å². The van der Waals surface area contributed by atoms with E-state index in [1.807, 2.05) is 43.3 Å². The Labute approximate surface area is 147 Å². The Balaban J connectivity index is 1.56. The quantitative estimate of drug-likeness (QED) is 0.874. The maximum Gasteiger partial charge on any atom is 0.318 e. The molecule has 0 spiro atoms. The first kappa shape index (κ1) is 17.0. The minimum absolute atomic E-state index is 0.00260. The van der Waals surface area contributed by atoms with Crippen molar-refractivity contribution < 1.29 is 9.59 Å². The second-order valence-electron chi connectivity index (χ2n) is 6.17. The van der Waals surface area contributed by atoms with Crippen LogP contribution in [0.5, 0.6) is 0 Å². The van der Waals surface area contributed by atoms with Crippen LogP contribution in [0.25, 0.3) is 0 Å². The minimum Gasteiger partial charge on any atom is -0.331 e. The fourth-order valence-corrected chi connectivity index (χ4v) is 2.96. The lowest BCUT2D eigenvalue weighted by molar-refractivity contribution is -0.117. The zero-order valence-corrected chi connectivity index (χ0v) is 14.5. The van der Waals surface area contributed by atoms with Crippen LogP contribution in [0.3, 0.4) is 0 Å². The first-order valence-electron chi connectivity index (χ1n) is 8.50. The van der Waals surface area contributed by atoms with E-state index in [0.717, 1.165) is 24.1 Å². The SMILES string of the molecule is CCc1cc(NC(=O)CN2CCC(c3ccccc3)NC2=O)n(C)n1. The predicted octanol–water partition coefficient (Wildman–Crippen LogP) is 2.08. The van der Waals surface area contributed by atoms with Gasteiger partial charge in [0.05, 0.1) is 11.7 Å². The molecule has 7 heteroatoms. The molecule has 1 unspecified atom stereocenters. The summed E-state index contributed by atoms with van der Waals surface area (Å²) in [5, 5.41) is 10.1. The van der Waals surface area contributed by atoms with Gasteiger partial charge >= 0.3 is 6.03 Å². The molecule has 3 rings (SSSR count). The molecule has 1 aromatic carbocycles. The van der Waals surface area contributed by atoms with Gasteiger partial charge in [-0.05, 0) is 18.4 Å². The van der Waals surface area contributed by atoms with Crippen molar-refractivity contribution in [2.45, 2.75) is 25.8 Å². The fraction of sp³-hybridized carbons (Fsp3) is 0.389. The Bertz CT molecular complexity index is 756. The van der Waals surface area contributed by atoms with Gasteiger partial charge in [-0.15, -0.1) is 0 Å². The molecule has 3 amide bonds. The number of carbonyl (C=O) groups excluding carboxylic acids is 2. The molecule has 1 atom stereocenters. The number of rotatable bonds is 5. The molecule has 1 saturated heterocycles. The van der Waals surface area contributed by atoms with Crippen LogP contribution in [0.1, 0.15) is 30.6 Å². The number of anilines is 1. The second-order valence-corrected chi connectivity index (χ2v) is 6.17. The van der Waals surface area contributed by atoms with Gasteiger partial charge < -0.3 is 15.5 Å². The normalized spacial score (nSPS) is 17.3. The summed E-state index contributed by atoms with van der Waals surface area (Å²) in [6, 6.07) is 11.5. The van der Waals surface area contributed by atoms with Crippen molar-refractivity contribution >= 4 is 17.8 Å². The van der Waals surface area contributed by atoms with Gasteiger partial charge in [0.25, 0.3) is 0 Å². The minimum atomic E-state index is -0.223. The molecule has 2 aromatic rings. The summed E-state index contributed by atoms with van der Waals surface area (Å²) in [6.07, 6.45) is 1.58. The van der Waals surface area contributed by atoms with Crippen LogP contribution in [0.15, 0.2) is 36.4 Å². The van der Waals surface area contributed by atoms with Gasteiger partial charge in [0, 0.05) is 19.7 Å². The molecule has 0 aliphatic carbocycles. The predicted molar refractivity (Wildman–Crippen MR) is 95.1 cm³/mol. The van der Waals surface area contributed by atoms with Crippen LogP contribution < -0.4 is 10.6 Å². The molecule has 25 heavy (non-hydrogen) atoms. The molecule has 0 radical (unpaired) electrons. The number of carbonyl (C=O) groups is 2. The first-order chi connectivity index (χ1) is 12.1. The average Bonchev–Trinajstić information content (AvgIpc) is 2.97. The topological polar surface area (TPSA) is 79.3 Å². The molecular formula is C18H23N5O2. The Hall–Kier alpha value is -2.83. The summed E-state index contributed by atoms with van der Waals surface area (Å²) >= 11 is 0. The fourth-order valence-electron chi connectivity index (χ4n) is 2.96. The van der Waals surface area contributed by atoms with E-state index in [-0.39, 0.29) is 24.5 Å². The summed E-state index contributed by atoms with van der Waals surface area (Å²) in [5.74, 6) is 0.417. The van der Waals surface area contributed by atoms with Crippen LogP contribution in [0.2, 0.25) is 0 Å². The van der Waals surface area contributed by atoms with E-state index in [1.165, 1.54) is 4.90 Å². The number of nitrogens with one attached hydrogen (secondary N) is 2. The molecular weight excluding hydrogens is 318 g/mol. The molecule has 132 valence electrons. The van der Waals surface area contributed by atoms with Crippen LogP contribution in [-0.4, -0.2) is 39.7 Å². The van der Waals surface area contributed by atoms with Crippen molar-refractivity contribution in [3.63, 3.8) is 0 Å². The number of nitrogens with zero attached hydrogens (tertiary/aromatic N) is 3. The molecule has 1 aliphatic rings. The molecule has 1 aliphatic heterocycles. The third-order valence-electron chi connectivity index (χ3n) is 4.37. The highest BCUT2D eigenvalue weighted by Crippen LogP contribution is 2.21. The molecule has 0 bridgehead atoms. The third kappa shape index (κ3) is 3.99. The van der Waals surface area contributed by atoms with E-state index in [0.29, 0.717) is 12.4 Å². The van der Waals surface area contributed by atoms with Gasteiger partial charge in [-0.3, -0.25) is 9.48 Å². The highest BCUT2D eigenvalue weighted by Gasteiger charge is 2.27. The average molecular weight is 341 g/mol. The Kier molecular flexibility index (Phi) is 5.02. The Morgan fingerprint density at radius 3 is 2.76 bits per heavy atom. The molecule has 1 aromatic heterocycles. The first-order valence-corrected chi connectivity index (χ1v) is 8.50. The highest BCUT2D eigenvalue weighted by atomic mass is 16.2. The van der Waals surface area contributed by atoms with Crippen molar-refractivity contribution in [1.82, 2.24) is 20.0 Å². The number of aromatic nitrogens is 2. The zero-order chi connectivity index (χ0) is 17.8. The van der Waals surface area contributed by atoms with Gasteiger partial charge in [0.2, 0.25) is 5.91 Å². The summed E-state index contributed by atoms with van der Waals surface area (Å²) in [5.41, 5.74) is 2.00. The van der Waals surface area contributed by atoms with Gasteiger partial charge in [0.1, 0.15) is 12.4 Å². The Morgan fingerprint density at radius 1 is 1.36 bits per heavy atom. The summed E-state index contributed by atoms with van der Waals surface area (Å²) < 4.78 is 1.64. The van der Waals surface area contributed by atoms with E-state index < -0.39 is 0 Å². The van der Waals surface area contributed by atoms with Crippen LogP contribution in [0.4, 0.5) is 10.6 Å². The molecule has 1 fully saturated rings. The van der Waals surface area contributed by atoms with Crippen molar-refractivity contribution in [2.24, 2.45) is 7.05 Å². The van der Waals surface area contributed by atoms with E-state index in [9.17, 15) is 9.59 Å². The lowest BCUT2D eigenvalue weighted by Crippen LogP contribution is -2.50. The zero-order valence-electron chi connectivity index (χ0n) is 14.5. The lowest BCUT2D eigenvalue weighted by atomic mass is 10.0. The maximum absolute atomic E-state index is 12.3. The lowest BCUT2D eigenvalue weighted by Gasteiger charge is -2.32. The maximum atomic E-state index is 12.3. The van der Waals surface area contributed by atoms with Gasteiger partial charge in [-0.25, -0.2) is 4.79 Å². The van der Waals surface area contributed by atoms with Gasteiger partial charge in [-0.2, -0.15) is 5.10 Å². The van der Waals surface area contributed by atoms with Gasteiger partial charge in [-0.1, -0.05) is 37.3 Å². The number of urea groups is 1. The molecule has 2 N–H and O–H groups in total. The number of hydrogen-bond donors (Lipinski definition) is 2. The Morgan fingerprint density at radius 2 is 2.12 bits per heavy atom.